The van der Waals surface area contributed by atoms with Crippen LogP contribution in [0.1, 0.15) is 22.6 Å². The average Bonchev–Trinajstić information content (AvgIpc) is 2.81. The molecule has 19 heavy (non-hydrogen) atoms. The summed E-state index contributed by atoms with van der Waals surface area (Å²) in [5.74, 6) is -0.175. The zero-order chi connectivity index (χ0) is 13.7. The van der Waals surface area contributed by atoms with Gasteiger partial charge in [-0.15, -0.1) is 11.3 Å². The molecule has 0 bridgehead atoms. The fraction of sp³-hybridized carbons (Fsp3) is 0.500. The van der Waals surface area contributed by atoms with Crippen LogP contribution in [0.3, 0.4) is 0 Å². The summed E-state index contributed by atoms with van der Waals surface area (Å²) >= 11 is 1.64. The molecular formula is C14H19NO3S. The molecule has 1 amide bonds. The maximum absolute atomic E-state index is 11.7. The summed E-state index contributed by atoms with van der Waals surface area (Å²) in [6, 6.07) is 4.00. The summed E-state index contributed by atoms with van der Waals surface area (Å²) in [5, 5.41) is 12.9. The summed E-state index contributed by atoms with van der Waals surface area (Å²) < 4.78 is 5.19. The molecule has 2 heterocycles. The summed E-state index contributed by atoms with van der Waals surface area (Å²) in [5.41, 5.74) is -0.818. The zero-order valence-electron chi connectivity index (χ0n) is 11.0. The first-order valence-corrected chi connectivity index (χ1v) is 7.22. The maximum Gasteiger partial charge on any atom is 0.244 e. The van der Waals surface area contributed by atoms with E-state index in [1.54, 1.807) is 17.4 Å². The molecule has 1 saturated heterocycles. The van der Waals surface area contributed by atoms with E-state index >= 15 is 0 Å². The van der Waals surface area contributed by atoms with Crippen LogP contribution in [-0.4, -0.2) is 36.4 Å². The third-order valence-electron chi connectivity index (χ3n) is 3.18. The predicted octanol–water partition coefficient (Wildman–Crippen LogP) is 1.73. The summed E-state index contributed by atoms with van der Waals surface area (Å²) in [4.78, 5) is 13.9. The topological polar surface area (TPSA) is 58.6 Å². The Bertz CT molecular complexity index is 461. The number of rotatable bonds is 4. The third kappa shape index (κ3) is 4.45. The number of thiophene rings is 1. The lowest BCUT2D eigenvalue weighted by Gasteiger charge is -2.31. The first-order chi connectivity index (χ1) is 9.07. The van der Waals surface area contributed by atoms with Crippen LogP contribution in [0, 0.1) is 6.92 Å². The van der Waals surface area contributed by atoms with E-state index in [2.05, 4.69) is 5.32 Å². The van der Waals surface area contributed by atoms with Crippen molar-refractivity contribution in [3.8, 4) is 0 Å². The number of amides is 1. The number of aliphatic hydroxyl groups is 1. The molecule has 2 N–H and O–H groups in total. The van der Waals surface area contributed by atoms with Crippen molar-refractivity contribution in [2.24, 2.45) is 0 Å². The summed E-state index contributed by atoms with van der Waals surface area (Å²) in [7, 11) is 0. The van der Waals surface area contributed by atoms with Gasteiger partial charge < -0.3 is 15.2 Å². The van der Waals surface area contributed by atoms with Crippen molar-refractivity contribution in [2.75, 3.05) is 19.8 Å². The second-order valence-electron chi connectivity index (χ2n) is 4.84. The molecule has 0 atom stereocenters. The number of nitrogens with one attached hydrogen (secondary N) is 1. The molecule has 0 unspecified atom stereocenters. The van der Waals surface area contributed by atoms with Crippen LogP contribution in [-0.2, 0) is 9.53 Å². The number of ether oxygens (including phenoxy) is 1. The van der Waals surface area contributed by atoms with Crippen LogP contribution in [0.2, 0.25) is 0 Å². The minimum absolute atomic E-state index is 0.175. The van der Waals surface area contributed by atoms with E-state index in [9.17, 15) is 9.90 Å². The van der Waals surface area contributed by atoms with Crippen molar-refractivity contribution in [1.82, 2.24) is 5.32 Å². The van der Waals surface area contributed by atoms with Gasteiger partial charge >= 0.3 is 0 Å². The van der Waals surface area contributed by atoms with Gasteiger partial charge in [0, 0.05) is 48.4 Å². The molecule has 4 nitrogen and oxygen atoms in total. The van der Waals surface area contributed by atoms with Crippen molar-refractivity contribution in [3.05, 3.63) is 28.0 Å². The molecule has 5 heteroatoms. The fourth-order valence-corrected chi connectivity index (χ4v) is 2.72. The highest BCUT2D eigenvalue weighted by Gasteiger charge is 2.29. The SMILES string of the molecule is Cc1ccc(/C=C/C(=O)NCC2(O)CCOCC2)s1. The molecule has 1 aromatic rings. The lowest BCUT2D eigenvalue weighted by molar-refractivity contribution is -0.119. The monoisotopic (exact) mass is 281 g/mol. The first kappa shape index (κ1) is 14.2. The van der Waals surface area contributed by atoms with Crippen molar-refractivity contribution in [1.29, 1.82) is 0 Å². The largest absolute Gasteiger partial charge is 0.388 e. The van der Waals surface area contributed by atoms with E-state index < -0.39 is 5.60 Å². The second-order valence-corrected chi connectivity index (χ2v) is 6.16. The van der Waals surface area contributed by atoms with Gasteiger partial charge in [0.15, 0.2) is 0 Å². The van der Waals surface area contributed by atoms with Gasteiger partial charge in [-0.05, 0) is 25.1 Å². The second kappa shape index (κ2) is 6.32. The van der Waals surface area contributed by atoms with Crippen molar-refractivity contribution >= 4 is 23.3 Å². The normalized spacial score (nSPS) is 18.6. The van der Waals surface area contributed by atoms with E-state index in [0.717, 1.165) is 4.88 Å². The highest BCUT2D eigenvalue weighted by Crippen LogP contribution is 2.19. The van der Waals surface area contributed by atoms with Gasteiger partial charge in [0.25, 0.3) is 0 Å². The van der Waals surface area contributed by atoms with E-state index in [1.807, 2.05) is 19.1 Å². The molecule has 0 aliphatic carbocycles. The fourth-order valence-electron chi connectivity index (χ4n) is 1.94. The Morgan fingerprint density at radius 3 is 2.89 bits per heavy atom. The molecule has 1 aliphatic rings. The quantitative estimate of drug-likeness (QED) is 0.826. The van der Waals surface area contributed by atoms with Crippen molar-refractivity contribution < 1.29 is 14.6 Å². The van der Waals surface area contributed by atoms with E-state index in [-0.39, 0.29) is 12.5 Å². The Kier molecular flexibility index (Phi) is 4.74. The van der Waals surface area contributed by atoms with Gasteiger partial charge in [-0.3, -0.25) is 4.79 Å². The molecule has 0 radical (unpaired) electrons. The van der Waals surface area contributed by atoms with Crippen molar-refractivity contribution in [2.45, 2.75) is 25.4 Å². The van der Waals surface area contributed by atoms with E-state index in [0.29, 0.717) is 26.1 Å². The molecule has 0 spiro atoms. The van der Waals surface area contributed by atoms with Gasteiger partial charge in [0.2, 0.25) is 5.91 Å². The number of hydrogen-bond donors (Lipinski definition) is 2. The number of carbonyl (C=O) groups is 1. The minimum atomic E-state index is -0.818. The maximum atomic E-state index is 11.7. The van der Waals surface area contributed by atoms with E-state index in [4.69, 9.17) is 4.74 Å². The third-order valence-corrected chi connectivity index (χ3v) is 4.14. The standard InChI is InChI=1S/C14H19NO3S/c1-11-2-3-12(19-11)4-5-13(16)15-10-14(17)6-8-18-9-7-14/h2-5,17H,6-10H2,1H3,(H,15,16)/b5-4+. The molecule has 104 valence electrons. The Balaban J connectivity index is 1.79. The predicted molar refractivity (Wildman–Crippen MR) is 76.1 cm³/mol. The Hall–Kier alpha value is -1.17. The number of aryl methyl sites for hydroxylation is 1. The van der Waals surface area contributed by atoms with Gasteiger partial charge in [0.1, 0.15) is 0 Å². The average molecular weight is 281 g/mol. The van der Waals surface area contributed by atoms with Gasteiger partial charge in [-0.25, -0.2) is 0 Å². The molecule has 1 fully saturated rings. The molecule has 0 saturated carbocycles. The molecular weight excluding hydrogens is 262 g/mol. The highest BCUT2D eigenvalue weighted by atomic mass is 32.1. The van der Waals surface area contributed by atoms with Crippen LogP contribution >= 0.6 is 11.3 Å². The zero-order valence-corrected chi connectivity index (χ0v) is 11.8. The highest BCUT2D eigenvalue weighted by molar-refractivity contribution is 7.12. The summed E-state index contributed by atoms with van der Waals surface area (Å²) in [6.07, 6.45) is 4.44. The van der Waals surface area contributed by atoms with Crippen LogP contribution < -0.4 is 5.32 Å². The number of hydrogen-bond acceptors (Lipinski definition) is 4. The molecule has 0 aromatic carbocycles. The lowest BCUT2D eigenvalue weighted by atomic mass is 9.94. The van der Waals surface area contributed by atoms with Gasteiger partial charge in [-0.1, -0.05) is 0 Å². The molecule has 1 aromatic heterocycles. The smallest absolute Gasteiger partial charge is 0.244 e. The summed E-state index contributed by atoms with van der Waals surface area (Å²) in [6.45, 7) is 3.42. The Labute approximate surface area is 117 Å². The Morgan fingerprint density at radius 2 is 2.26 bits per heavy atom. The Morgan fingerprint density at radius 1 is 1.53 bits per heavy atom. The molecule has 2 rings (SSSR count). The van der Waals surface area contributed by atoms with Crippen LogP contribution in [0.25, 0.3) is 6.08 Å². The lowest BCUT2D eigenvalue weighted by Crippen LogP contribution is -2.46. The van der Waals surface area contributed by atoms with Crippen LogP contribution in [0.15, 0.2) is 18.2 Å². The number of carbonyl (C=O) groups excluding carboxylic acids is 1. The van der Waals surface area contributed by atoms with E-state index in [1.165, 1.54) is 11.0 Å². The minimum Gasteiger partial charge on any atom is -0.388 e. The van der Waals surface area contributed by atoms with Gasteiger partial charge in [-0.2, -0.15) is 0 Å². The van der Waals surface area contributed by atoms with Gasteiger partial charge in [0.05, 0.1) is 5.60 Å². The molecule has 1 aliphatic heterocycles. The van der Waals surface area contributed by atoms with Crippen LogP contribution in [0.4, 0.5) is 0 Å². The first-order valence-electron chi connectivity index (χ1n) is 6.40. The van der Waals surface area contributed by atoms with Crippen molar-refractivity contribution in [3.63, 3.8) is 0 Å². The van der Waals surface area contributed by atoms with Crippen LogP contribution in [0.5, 0.6) is 0 Å².